The van der Waals surface area contributed by atoms with Crippen LogP contribution in [0.1, 0.15) is 78.6 Å². The van der Waals surface area contributed by atoms with Gasteiger partial charge in [-0.05, 0) is 107 Å². The second-order valence-corrected chi connectivity index (χ2v) is 9.96. The molecule has 4 saturated carbocycles. The highest BCUT2D eigenvalue weighted by Gasteiger charge is 2.58. The Hall–Kier alpha value is -0.370. The van der Waals surface area contributed by atoms with Crippen molar-refractivity contribution in [2.75, 3.05) is 0 Å². The van der Waals surface area contributed by atoms with Crippen molar-refractivity contribution in [1.29, 1.82) is 0 Å². The standard InChI is InChI=1S/C21H34O2/c1-13(22)18-6-7-19-17-5-4-14-12-20(2,23)10-8-15(14)16(17)9-11-21(18,19)3/h14-19,23H,4-12H2,1-3H3/t14?,15-,16?,17+,18+,19?,20+,21+/m0/s1. The highest BCUT2D eigenvalue weighted by molar-refractivity contribution is 5.79. The molecule has 1 N–H and O–H groups in total. The van der Waals surface area contributed by atoms with Crippen LogP contribution >= 0.6 is 0 Å². The third kappa shape index (κ3) is 2.42. The van der Waals surface area contributed by atoms with E-state index in [1.165, 1.54) is 38.5 Å². The molecule has 2 heteroatoms. The zero-order valence-electron chi connectivity index (χ0n) is 15.2. The summed E-state index contributed by atoms with van der Waals surface area (Å²) < 4.78 is 0. The number of carbonyl (C=O) groups is 1. The fraction of sp³-hybridized carbons (Fsp3) is 0.952. The molecule has 0 aromatic carbocycles. The normalized spacial score (nSPS) is 55.7. The van der Waals surface area contributed by atoms with Crippen molar-refractivity contribution in [1.82, 2.24) is 0 Å². The molecule has 0 aromatic heterocycles. The number of rotatable bonds is 1. The summed E-state index contributed by atoms with van der Waals surface area (Å²) in [6, 6.07) is 0. The minimum absolute atomic E-state index is 0.292. The molecule has 0 radical (unpaired) electrons. The minimum atomic E-state index is -0.412. The summed E-state index contributed by atoms with van der Waals surface area (Å²) in [4.78, 5) is 12.1. The Morgan fingerprint density at radius 3 is 2.39 bits per heavy atom. The van der Waals surface area contributed by atoms with Gasteiger partial charge in [-0.2, -0.15) is 0 Å². The molecule has 4 aliphatic carbocycles. The van der Waals surface area contributed by atoms with Gasteiger partial charge in [0.25, 0.3) is 0 Å². The van der Waals surface area contributed by atoms with Gasteiger partial charge in [0.05, 0.1) is 5.60 Å². The molecule has 3 unspecified atom stereocenters. The van der Waals surface area contributed by atoms with Crippen molar-refractivity contribution >= 4 is 5.78 Å². The van der Waals surface area contributed by atoms with Gasteiger partial charge in [0.15, 0.2) is 0 Å². The van der Waals surface area contributed by atoms with Crippen LogP contribution in [-0.2, 0) is 4.79 Å². The number of hydrogen-bond donors (Lipinski definition) is 1. The first kappa shape index (κ1) is 16.1. The highest BCUT2D eigenvalue weighted by Crippen LogP contribution is 2.64. The molecule has 0 heterocycles. The summed E-state index contributed by atoms with van der Waals surface area (Å²) in [6.07, 6.45) is 11.0. The van der Waals surface area contributed by atoms with Gasteiger partial charge in [-0.1, -0.05) is 6.92 Å². The predicted molar refractivity (Wildman–Crippen MR) is 91.9 cm³/mol. The molecule has 0 saturated heterocycles. The first-order valence-electron chi connectivity index (χ1n) is 10.0. The fourth-order valence-electron chi connectivity index (χ4n) is 7.75. The van der Waals surface area contributed by atoms with Crippen LogP contribution in [0.2, 0.25) is 0 Å². The molecule has 2 nitrogen and oxygen atoms in total. The molecule has 0 spiro atoms. The van der Waals surface area contributed by atoms with Gasteiger partial charge in [0.1, 0.15) is 5.78 Å². The van der Waals surface area contributed by atoms with Gasteiger partial charge in [-0.25, -0.2) is 0 Å². The third-order valence-electron chi connectivity index (χ3n) is 8.73. The van der Waals surface area contributed by atoms with Crippen LogP contribution in [0.25, 0.3) is 0 Å². The molecule has 130 valence electrons. The average Bonchev–Trinajstić information content (AvgIpc) is 2.83. The Kier molecular flexibility index (Phi) is 3.72. The Morgan fingerprint density at radius 1 is 0.913 bits per heavy atom. The SMILES string of the molecule is CC(=O)[C@H]1CCC2[C@@H]3CCC4C[C@](C)(O)CC[C@@H]4C3CC[C@@]21C. The second-order valence-electron chi connectivity index (χ2n) is 9.96. The molecule has 23 heavy (non-hydrogen) atoms. The molecule has 4 rings (SSSR count). The van der Waals surface area contributed by atoms with Crippen molar-refractivity contribution in [3.63, 3.8) is 0 Å². The molecule has 4 aliphatic rings. The van der Waals surface area contributed by atoms with Gasteiger partial charge >= 0.3 is 0 Å². The van der Waals surface area contributed by atoms with Crippen LogP contribution < -0.4 is 0 Å². The number of Topliss-reactive ketones (excluding diaryl/α,β-unsaturated/α-hetero) is 1. The van der Waals surface area contributed by atoms with Crippen LogP contribution in [0.15, 0.2) is 0 Å². The molecular formula is C21H34O2. The maximum Gasteiger partial charge on any atom is 0.133 e. The number of fused-ring (bicyclic) bond motifs is 5. The lowest BCUT2D eigenvalue weighted by molar-refractivity contribution is -0.130. The van der Waals surface area contributed by atoms with Crippen LogP contribution in [0.4, 0.5) is 0 Å². The van der Waals surface area contributed by atoms with Gasteiger partial charge in [-0.15, -0.1) is 0 Å². The summed E-state index contributed by atoms with van der Waals surface area (Å²) in [5.41, 5.74) is -0.121. The van der Waals surface area contributed by atoms with E-state index in [2.05, 4.69) is 6.92 Å². The van der Waals surface area contributed by atoms with Crippen LogP contribution in [0.5, 0.6) is 0 Å². The molecule has 0 aromatic rings. The first-order valence-corrected chi connectivity index (χ1v) is 10.0. The maximum atomic E-state index is 12.1. The lowest BCUT2D eigenvalue weighted by Crippen LogP contribution is -2.50. The Balaban J connectivity index is 1.56. The van der Waals surface area contributed by atoms with E-state index in [1.807, 2.05) is 13.8 Å². The molecular weight excluding hydrogens is 284 g/mol. The number of ketones is 1. The van der Waals surface area contributed by atoms with E-state index in [1.54, 1.807) is 0 Å². The molecule has 4 fully saturated rings. The van der Waals surface area contributed by atoms with E-state index in [9.17, 15) is 9.90 Å². The average molecular weight is 319 g/mol. The minimum Gasteiger partial charge on any atom is -0.390 e. The lowest BCUT2D eigenvalue weighted by atomic mass is 9.49. The molecule has 0 amide bonds. The lowest BCUT2D eigenvalue weighted by Gasteiger charge is -2.56. The molecule has 8 atom stereocenters. The summed E-state index contributed by atoms with van der Waals surface area (Å²) in [5, 5.41) is 10.5. The first-order chi connectivity index (χ1) is 10.8. The van der Waals surface area contributed by atoms with E-state index >= 15 is 0 Å². The van der Waals surface area contributed by atoms with Crippen LogP contribution in [-0.4, -0.2) is 16.5 Å². The number of aliphatic hydroxyl groups is 1. The van der Waals surface area contributed by atoms with E-state index in [-0.39, 0.29) is 0 Å². The Labute approximate surface area is 141 Å². The maximum absolute atomic E-state index is 12.1. The Morgan fingerprint density at radius 2 is 1.65 bits per heavy atom. The molecule has 0 aliphatic heterocycles. The van der Waals surface area contributed by atoms with E-state index in [0.29, 0.717) is 17.1 Å². The number of hydrogen-bond acceptors (Lipinski definition) is 2. The number of carbonyl (C=O) groups excluding carboxylic acids is 1. The van der Waals surface area contributed by atoms with E-state index < -0.39 is 5.60 Å². The third-order valence-corrected chi connectivity index (χ3v) is 8.73. The van der Waals surface area contributed by atoms with Gasteiger partial charge in [0, 0.05) is 5.92 Å². The quantitative estimate of drug-likeness (QED) is 0.767. The van der Waals surface area contributed by atoms with E-state index in [4.69, 9.17) is 0 Å². The van der Waals surface area contributed by atoms with Gasteiger partial charge in [-0.3, -0.25) is 4.79 Å². The summed E-state index contributed by atoms with van der Waals surface area (Å²) in [5.74, 6) is 4.92. The van der Waals surface area contributed by atoms with Crippen molar-refractivity contribution in [3.05, 3.63) is 0 Å². The highest BCUT2D eigenvalue weighted by atomic mass is 16.3. The summed E-state index contributed by atoms with van der Waals surface area (Å²) in [6.45, 7) is 6.30. The zero-order valence-corrected chi connectivity index (χ0v) is 15.2. The Bertz CT molecular complexity index is 496. The summed E-state index contributed by atoms with van der Waals surface area (Å²) in [7, 11) is 0. The largest absolute Gasteiger partial charge is 0.390 e. The fourth-order valence-corrected chi connectivity index (χ4v) is 7.75. The van der Waals surface area contributed by atoms with Gasteiger partial charge in [0.2, 0.25) is 0 Å². The van der Waals surface area contributed by atoms with Crippen molar-refractivity contribution in [2.24, 2.45) is 40.9 Å². The van der Waals surface area contributed by atoms with Gasteiger partial charge < -0.3 is 5.11 Å². The smallest absolute Gasteiger partial charge is 0.133 e. The van der Waals surface area contributed by atoms with Crippen LogP contribution in [0.3, 0.4) is 0 Å². The predicted octanol–water partition coefficient (Wildman–Crippen LogP) is 4.60. The zero-order chi connectivity index (χ0) is 16.4. The van der Waals surface area contributed by atoms with Crippen molar-refractivity contribution in [3.8, 4) is 0 Å². The second kappa shape index (κ2) is 5.31. The van der Waals surface area contributed by atoms with E-state index in [0.717, 1.165) is 48.9 Å². The summed E-state index contributed by atoms with van der Waals surface area (Å²) >= 11 is 0. The van der Waals surface area contributed by atoms with Crippen molar-refractivity contribution in [2.45, 2.75) is 84.2 Å². The van der Waals surface area contributed by atoms with Crippen molar-refractivity contribution < 1.29 is 9.90 Å². The topological polar surface area (TPSA) is 37.3 Å². The molecule has 0 bridgehead atoms. The monoisotopic (exact) mass is 318 g/mol. The van der Waals surface area contributed by atoms with Crippen LogP contribution in [0, 0.1) is 40.9 Å².